The Morgan fingerprint density at radius 2 is 1.83 bits per heavy atom. The number of hydrogen-bond acceptors (Lipinski definition) is 4. The quantitative estimate of drug-likeness (QED) is 0.842. The topological polar surface area (TPSA) is 47.9 Å². The number of ether oxygens (including phenoxy) is 3. The molecule has 0 bridgehead atoms. The largest absolute Gasteiger partial charge is 0.368 e. The first-order valence-corrected chi connectivity index (χ1v) is 7.18. The molecule has 0 aromatic heterocycles. The maximum Gasteiger partial charge on any atom is 0.166 e. The lowest BCUT2D eigenvalue weighted by Gasteiger charge is -2.28. The van der Waals surface area contributed by atoms with Gasteiger partial charge in [-0.15, -0.1) is 0 Å². The first-order chi connectivity index (χ1) is 8.48. The smallest absolute Gasteiger partial charge is 0.166 e. The lowest BCUT2D eigenvalue weighted by atomic mass is 10.0. The monoisotopic (exact) mass is 258 g/mol. The molecule has 0 aliphatic carbocycles. The number of hydrogen-bond donors (Lipinski definition) is 1. The van der Waals surface area contributed by atoms with Gasteiger partial charge in [0.15, 0.2) is 12.1 Å². The fraction of sp³-hybridized carbons (Fsp3) is 1.00. The van der Waals surface area contributed by atoms with Crippen LogP contribution in [0.4, 0.5) is 0 Å². The van der Waals surface area contributed by atoms with Gasteiger partial charge < -0.3 is 19.3 Å². The normalized spacial score (nSPS) is 45.3. The minimum Gasteiger partial charge on any atom is -0.368 e. The maximum absolute atomic E-state index is 9.44. The Labute approximate surface area is 110 Å². The summed E-state index contributed by atoms with van der Waals surface area (Å²) in [6, 6.07) is 0. The summed E-state index contributed by atoms with van der Waals surface area (Å²) < 4.78 is 17.2. The highest BCUT2D eigenvalue weighted by atomic mass is 16.7. The van der Waals surface area contributed by atoms with Gasteiger partial charge in [0.1, 0.15) is 0 Å². The van der Waals surface area contributed by atoms with E-state index in [1.807, 2.05) is 6.92 Å². The first-order valence-electron chi connectivity index (χ1n) is 7.18. The zero-order valence-electron chi connectivity index (χ0n) is 11.7. The first kappa shape index (κ1) is 14.3. The van der Waals surface area contributed by atoms with Gasteiger partial charge in [0.05, 0.1) is 18.3 Å². The fourth-order valence-corrected chi connectivity index (χ4v) is 2.87. The van der Waals surface area contributed by atoms with E-state index in [1.54, 1.807) is 0 Å². The van der Waals surface area contributed by atoms with Gasteiger partial charge in [-0.3, -0.25) is 0 Å². The molecule has 0 saturated carbocycles. The van der Waals surface area contributed by atoms with Crippen LogP contribution >= 0.6 is 0 Å². The van der Waals surface area contributed by atoms with E-state index in [1.165, 1.54) is 0 Å². The van der Waals surface area contributed by atoms with Crippen LogP contribution in [0.1, 0.15) is 59.3 Å². The summed E-state index contributed by atoms with van der Waals surface area (Å²) in [5.74, 6) is -0.438. The molecule has 2 heterocycles. The van der Waals surface area contributed by atoms with Gasteiger partial charge in [0.25, 0.3) is 0 Å². The fourth-order valence-electron chi connectivity index (χ4n) is 2.87. The second-order valence-corrected chi connectivity index (χ2v) is 5.82. The summed E-state index contributed by atoms with van der Waals surface area (Å²) in [4.78, 5) is 0. The molecule has 4 nitrogen and oxygen atoms in total. The molecule has 0 amide bonds. The van der Waals surface area contributed by atoms with Crippen LogP contribution in [-0.2, 0) is 14.2 Å². The average Bonchev–Trinajstić information content (AvgIpc) is 2.53. The summed E-state index contributed by atoms with van der Waals surface area (Å²) in [6.45, 7) is 6.12. The predicted octanol–water partition coefficient (Wildman–Crippen LogP) is 2.58. The van der Waals surface area contributed by atoms with Gasteiger partial charge in [0.2, 0.25) is 0 Å². The van der Waals surface area contributed by atoms with Crippen molar-refractivity contribution in [2.45, 2.75) is 89.7 Å². The summed E-state index contributed by atoms with van der Waals surface area (Å²) >= 11 is 0. The average molecular weight is 258 g/mol. The highest BCUT2D eigenvalue weighted by Crippen LogP contribution is 2.33. The number of aliphatic hydroxyl groups excluding tert-OH is 1. The summed E-state index contributed by atoms with van der Waals surface area (Å²) in [5.41, 5.74) is 0. The van der Waals surface area contributed by atoms with Crippen molar-refractivity contribution in [1.29, 1.82) is 0 Å². The summed E-state index contributed by atoms with van der Waals surface area (Å²) in [7, 11) is 0. The highest BCUT2D eigenvalue weighted by molar-refractivity contribution is 4.79. The Hall–Kier alpha value is -0.160. The number of aliphatic hydroxyl groups is 1. The Bertz CT molecular complexity index is 259. The van der Waals surface area contributed by atoms with E-state index in [4.69, 9.17) is 14.2 Å². The highest BCUT2D eigenvalue weighted by Gasteiger charge is 2.39. The maximum atomic E-state index is 9.44. The Kier molecular flexibility index (Phi) is 4.64. The van der Waals surface area contributed by atoms with Gasteiger partial charge >= 0.3 is 0 Å². The van der Waals surface area contributed by atoms with Crippen LogP contribution in [0, 0.1) is 0 Å². The van der Waals surface area contributed by atoms with E-state index in [0.717, 1.165) is 38.5 Å². The molecule has 1 N–H and O–H groups in total. The molecule has 2 aliphatic rings. The molecule has 0 spiro atoms. The molecule has 106 valence electrons. The van der Waals surface area contributed by atoms with Crippen LogP contribution < -0.4 is 0 Å². The van der Waals surface area contributed by atoms with Crippen molar-refractivity contribution >= 4 is 0 Å². The van der Waals surface area contributed by atoms with E-state index in [9.17, 15) is 5.11 Å². The molecule has 2 aliphatic heterocycles. The van der Waals surface area contributed by atoms with E-state index >= 15 is 0 Å². The minimum absolute atomic E-state index is 0.169. The Balaban J connectivity index is 1.69. The molecule has 2 rings (SSSR count). The Morgan fingerprint density at radius 1 is 1.17 bits per heavy atom. The lowest BCUT2D eigenvalue weighted by molar-refractivity contribution is -0.175. The zero-order valence-corrected chi connectivity index (χ0v) is 11.7. The van der Waals surface area contributed by atoms with Crippen molar-refractivity contribution in [1.82, 2.24) is 0 Å². The van der Waals surface area contributed by atoms with Crippen LogP contribution in [0.2, 0.25) is 0 Å². The van der Waals surface area contributed by atoms with Crippen molar-refractivity contribution in [2.75, 3.05) is 0 Å². The van der Waals surface area contributed by atoms with Crippen LogP contribution in [0.5, 0.6) is 0 Å². The van der Waals surface area contributed by atoms with Crippen LogP contribution in [-0.4, -0.2) is 35.5 Å². The van der Waals surface area contributed by atoms with Gasteiger partial charge in [-0.25, -0.2) is 0 Å². The zero-order chi connectivity index (χ0) is 13.2. The van der Waals surface area contributed by atoms with E-state index in [0.29, 0.717) is 0 Å². The molecule has 4 atom stereocenters. The Morgan fingerprint density at radius 3 is 2.44 bits per heavy atom. The molecular weight excluding hydrogens is 232 g/mol. The van der Waals surface area contributed by atoms with Gasteiger partial charge in [-0.05, 0) is 52.9 Å². The molecule has 0 aromatic carbocycles. The van der Waals surface area contributed by atoms with Crippen LogP contribution in [0.25, 0.3) is 0 Å². The third kappa shape index (κ3) is 3.67. The van der Waals surface area contributed by atoms with Crippen molar-refractivity contribution < 1.29 is 19.3 Å². The molecule has 2 saturated heterocycles. The molecule has 4 unspecified atom stereocenters. The second kappa shape index (κ2) is 5.87. The van der Waals surface area contributed by atoms with E-state index in [-0.39, 0.29) is 18.3 Å². The molecule has 0 aromatic rings. The minimum atomic E-state index is -0.557. The van der Waals surface area contributed by atoms with Gasteiger partial charge in [0, 0.05) is 6.42 Å². The van der Waals surface area contributed by atoms with Crippen LogP contribution in [0.3, 0.4) is 0 Å². The lowest BCUT2D eigenvalue weighted by Crippen LogP contribution is -2.29. The standard InChI is InChI=1S/C14H26O4/c1-10-11(2)18-14(3,17-10)9-5-7-12-6-4-8-13(15)16-12/h10-13,15H,4-9H2,1-3H3. The summed E-state index contributed by atoms with van der Waals surface area (Å²) in [5, 5.41) is 9.44. The molecule has 2 fully saturated rings. The third-order valence-corrected chi connectivity index (χ3v) is 4.02. The van der Waals surface area contributed by atoms with Gasteiger partial charge in [-0.1, -0.05) is 0 Å². The summed E-state index contributed by atoms with van der Waals surface area (Å²) in [6.07, 6.45) is 5.74. The van der Waals surface area contributed by atoms with Crippen molar-refractivity contribution in [3.63, 3.8) is 0 Å². The molecular formula is C14H26O4. The van der Waals surface area contributed by atoms with Crippen molar-refractivity contribution in [3.05, 3.63) is 0 Å². The van der Waals surface area contributed by atoms with E-state index in [2.05, 4.69) is 13.8 Å². The van der Waals surface area contributed by atoms with Crippen molar-refractivity contribution in [2.24, 2.45) is 0 Å². The predicted molar refractivity (Wildman–Crippen MR) is 68.1 cm³/mol. The SMILES string of the molecule is CC1OC(C)(CCCC2CCCC(O)O2)OC1C. The van der Waals surface area contributed by atoms with Gasteiger partial charge in [-0.2, -0.15) is 0 Å². The van der Waals surface area contributed by atoms with Crippen molar-refractivity contribution in [3.8, 4) is 0 Å². The second-order valence-electron chi connectivity index (χ2n) is 5.82. The molecule has 18 heavy (non-hydrogen) atoms. The van der Waals surface area contributed by atoms with Crippen LogP contribution in [0.15, 0.2) is 0 Å². The number of rotatable bonds is 4. The van der Waals surface area contributed by atoms with E-state index < -0.39 is 12.1 Å². The molecule has 4 heteroatoms. The third-order valence-electron chi connectivity index (χ3n) is 4.02. The molecule has 0 radical (unpaired) electrons.